The van der Waals surface area contributed by atoms with Crippen LogP contribution in [0.3, 0.4) is 0 Å². The first kappa shape index (κ1) is 16.1. The Bertz CT molecular complexity index is 642. The van der Waals surface area contributed by atoms with Gasteiger partial charge in [-0.25, -0.2) is 0 Å². The van der Waals surface area contributed by atoms with Gasteiger partial charge in [-0.1, -0.05) is 23.4 Å². The minimum Gasteiger partial charge on any atom is -0.360 e. The summed E-state index contributed by atoms with van der Waals surface area (Å²) in [5.74, 6) is 0.826. The summed E-state index contributed by atoms with van der Waals surface area (Å²) >= 11 is 1.44. The lowest BCUT2D eigenvalue weighted by atomic mass is 10.4. The molecule has 0 saturated heterocycles. The van der Waals surface area contributed by atoms with Crippen molar-refractivity contribution < 1.29 is 14.1 Å². The molecular weight excluding hydrogens is 302 g/mol. The van der Waals surface area contributed by atoms with Gasteiger partial charge in [-0.3, -0.25) is 9.59 Å². The molecule has 2 amide bonds. The molecule has 2 rings (SSSR count). The molecule has 0 aliphatic rings. The van der Waals surface area contributed by atoms with E-state index in [1.807, 2.05) is 30.3 Å². The molecule has 7 heteroatoms. The summed E-state index contributed by atoms with van der Waals surface area (Å²) in [4.78, 5) is 26.2. The Morgan fingerprint density at radius 3 is 2.68 bits per heavy atom. The highest BCUT2D eigenvalue weighted by Crippen LogP contribution is 2.17. The maximum atomic E-state index is 12.0. The van der Waals surface area contributed by atoms with Crippen LogP contribution in [-0.2, 0) is 9.59 Å². The number of aromatic nitrogens is 1. The molecule has 1 N–H and O–H groups in total. The third-order valence-corrected chi connectivity index (χ3v) is 3.80. The third kappa shape index (κ3) is 4.92. The molecular formula is C15H17N3O3S. The van der Waals surface area contributed by atoms with E-state index in [9.17, 15) is 9.59 Å². The van der Waals surface area contributed by atoms with E-state index >= 15 is 0 Å². The van der Waals surface area contributed by atoms with Gasteiger partial charge in [0, 0.05) is 18.0 Å². The highest BCUT2D eigenvalue weighted by molar-refractivity contribution is 8.00. The standard InChI is InChI=1S/C15H17N3O3S/c1-11-8-13(17-21-11)16-14(19)9-18(2)15(20)10-22-12-6-4-3-5-7-12/h3-8H,9-10H2,1-2H3,(H,16,17,19). The zero-order valence-corrected chi connectivity index (χ0v) is 13.2. The molecule has 0 saturated carbocycles. The molecule has 6 nitrogen and oxygen atoms in total. The molecule has 0 atom stereocenters. The summed E-state index contributed by atoms with van der Waals surface area (Å²) in [6.07, 6.45) is 0. The van der Waals surface area contributed by atoms with E-state index in [0.717, 1.165) is 4.90 Å². The van der Waals surface area contributed by atoms with E-state index in [2.05, 4.69) is 10.5 Å². The van der Waals surface area contributed by atoms with Gasteiger partial charge in [-0.2, -0.15) is 0 Å². The van der Waals surface area contributed by atoms with Crippen molar-refractivity contribution in [1.29, 1.82) is 0 Å². The number of carbonyl (C=O) groups is 2. The van der Waals surface area contributed by atoms with Gasteiger partial charge in [0.2, 0.25) is 11.8 Å². The number of nitrogens with zero attached hydrogens (tertiary/aromatic N) is 2. The monoisotopic (exact) mass is 319 g/mol. The van der Waals surface area contributed by atoms with Gasteiger partial charge in [0.15, 0.2) is 5.82 Å². The van der Waals surface area contributed by atoms with Crippen LogP contribution in [0, 0.1) is 6.92 Å². The van der Waals surface area contributed by atoms with Crippen LogP contribution in [0.5, 0.6) is 0 Å². The Kier molecular flexibility index (Phi) is 5.60. The predicted octanol–water partition coefficient (Wildman–Crippen LogP) is 2.17. The summed E-state index contributed by atoms with van der Waals surface area (Å²) in [6, 6.07) is 11.3. The maximum Gasteiger partial charge on any atom is 0.245 e. The Hall–Kier alpha value is -2.28. The fourth-order valence-corrected chi connectivity index (χ4v) is 2.54. The number of rotatable bonds is 6. The molecule has 0 spiro atoms. The summed E-state index contributed by atoms with van der Waals surface area (Å²) in [6.45, 7) is 1.71. The molecule has 22 heavy (non-hydrogen) atoms. The van der Waals surface area contributed by atoms with Crippen LogP contribution >= 0.6 is 11.8 Å². The van der Waals surface area contributed by atoms with Gasteiger partial charge < -0.3 is 14.7 Å². The predicted molar refractivity (Wildman–Crippen MR) is 84.7 cm³/mol. The fraction of sp³-hybridized carbons (Fsp3) is 0.267. The van der Waals surface area contributed by atoms with E-state index in [1.165, 1.54) is 16.7 Å². The van der Waals surface area contributed by atoms with Crippen molar-refractivity contribution in [2.45, 2.75) is 11.8 Å². The lowest BCUT2D eigenvalue weighted by Gasteiger charge is -2.16. The van der Waals surface area contributed by atoms with Crippen molar-refractivity contribution in [3.63, 3.8) is 0 Å². The minimum atomic E-state index is -0.311. The third-order valence-electron chi connectivity index (χ3n) is 2.81. The second-order valence-electron chi connectivity index (χ2n) is 4.72. The van der Waals surface area contributed by atoms with Crippen LogP contribution in [0.1, 0.15) is 5.76 Å². The van der Waals surface area contributed by atoms with Gasteiger partial charge in [-0.15, -0.1) is 11.8 Å². The molecule has 1 aromatic carbocycles. The van der Waals surface area contributed by atoms with Crippen molar-refractivity contribution in [3.8, 4) is 0 Å². The molecule has 1 heterocycles. The Labute approximate surface area is 132 Å². The number of nitrogens with one attached hydrogen (secondary N) is 1. The Morgan fingerprint density at radius 1 is 1.32 bits per heavy atom. The number of thioether (sulfide) groups is 1. The van der Waals surface area contributed by atoms with Gasteiger partial charge in [0.25, 0.3) is 0 Å². The largest absolute Gasteiger partial charge is 0.360 e. The summed E-state index contributed by atoms with van der Waals surface area (Å²) in [7, 11) is 1.60. The van der Waals surface area contributed by atoms with Gasteiger partial charge in [0.1, 0.15) is 5.76 Å². The van der Waals surface area contributed by atoms with Crippen LogP contribution in [0.2, 0.25) is 0 Å². The molecule has 2 aromatic rings. The maximum absolute atomic E-state index is 12.0. The molecule has 0 aliphatic carbocycles. The number of hydrogen-bond donors (Lipinski definition) is 1. The number of carbonyl (C=O) groups excluding carboxylic acids is 2. The van der Waals surface area contributed by atoms with Crippen LogP contribution < -0.4 is 5.32 Å². The number of hydrogen-bond acceptors (Lipinski definition) is 5. The number of anilines is 1. The van der Waals surface area contributed by atoms with Crippen LogP contribution in [-0.4, -0.2) is 41.2 Å². The van der Waals surface area contributed by atoms with E-state index in [0.29, 0.717) is 11.6 Å². The molecule has 0 bridgehead atoms. The minimum absolute atomic E-state index is 0.0277. The SMILES string of the molecule is Cc1cc(NC(=O)CN(C)C(=O)CSc2ccccc2)no1. The lowest BCUT2D eigenvalue weighted by molar-refractivity contribution is -0.131. The van der Waals surface area contributed by atoms with Crippen LogP contribution in [0.25, 0.3) is 0 Å². The molecule has 0 fully saturated rings. The molecule has 1 aromatic heterocycles. The summed E-state index contributed by atoms with van der Waals surface area (Å²) < 4.78 is 4.86. The first-order valence-corrected chi connectivity index (χ1v) is 7.68. The molecule has 0 aliphatic heterocycles. The first-order valence-electron chi connectivity index (χ1n) is 6.69. The van der Waals surface area contributed by atoms with E-state index in [4.69, 9.17) is 4.52 Å². The van der Waals surface area contributed by atoms with Crippen molar-refractivity contribution in [2.75, 3.05) is 24.7 Å². The highest BCUT2D eigenvalue weighted by Gasteiger charge is 2.14. The average Bonchev–Trinajstić information content (AvgIpc) is 2.90. The molecule has 0 unspecified atom stereocenters. The second-order valence-corrected chi connectivity index (χ2v) is 5.77. The van der Waals surface area contributed by atoms with E-state index < -0.39 is 0 Å². The number of amides is 2. The smallest absolute Gasteiger partial charge is 0.245 e. The quantitative estimate of drug-likeness (QED) is 0.826. The molecule has 0 radical (unpaired) electrons. The van der Waals surface area contributed by atoms with Crippen molar-refractivity contribution in [3.05, 3.63) is 42.2 Å². The van der Waals surface area contributed by atoms with Gasteiger partial charge in [0.05, 0.1) is 12.3 Å². The molecule has 116 valence electrons. The topological polar surface area (TPSA) is 75.4 Å². The number of aryl methyl sites for hydroxylation is 1. The van der Waals surface area contributed by atoms with E-state index in [-0.39, 0.29) is 24.1 Å². The van der Waals surface area contributed by atoms with Gasteiger partial charge in [-0.05, 0) is 19.1 Å². The fourth-order valence-electron chi connectivity index (χ4n) is 1.68. The van der Waals surface area contributed by atoms with Crippen molar-refractivity contribution in [1.82, 2.24) is 10.1 Å². The number of likely N-dealkylation sites (N-methyl/N-ethyl adjacent to an activating group) is 1. The second kappa shape index (κ2) is 7.65. The summed E-state index contributed by atoms with van der Waals surface area (Å²) in [5.41, 5.74) is 0. The van der Waals surface area contributed by atoms with E-state index in [1.54, 1.807) is 20.0 Å². The van der Waals surface area contributed by atoms with Crippen LogP contribution in [0.15, 0.2) is 45.8 Å². The first-order chi connectivity index (χ1) is 10.5. The lowest BCUT2D eigenvalue weighted by Crippen LogP contribution is -2.36. The Balaban J connectivity index is 1.77. The average molecular weight is 319 g/mol. The normalized spacial score (nSPS) is 10.3. The zero-order valence-electron chi connectivity index (χ0n) is 12.4. The highest BCUT2D eigenvalue weighted by atomic mass is 32.2. The van der Waals surface area contributed by atoms with Gasteiger partial charge >= 0.3 is 0 Å². The van der Waals surface area contributed by atoms with Crippen LogP contribution in [0.4, 0.5) is 5.82 Å². The number of benzene rings is 1. The Morgan fingerprint density at radius 2 is 2.05 bits per heavy atom. The zero-order chi connectivity index (χ0) is 15.9. The van der Waals surface area contributed by atoms with Crippen molar-refractivity contribution >= 4 is 29.4 Å². The van der Waals surface area contributed by atoms with Crippen molar-refractivity contribution in [2.24, 2.45) is 0 Å². The summed E-state index contributed by atoms with van der Waals surface area (Å²) in [5, 5.41) is 6.25.